The molecule has 4 amide bonds. The van der Waals surface area contributed by atoms with Gasteiger partial charge in [0.25, 0.3) is 5.91 Å². The molecule has 0 aliphatic carbocycles. The molecule has 2 saturated heterocycles. The molecule has 0 spiro atoms. The number of hydrogen-bond acceptors (Lipinski definition) is 10. The fourth-order valence-electron chi connectivity index (χ4n) is 8.32. The normalized spacial score (nSPS) is 17.8. The molecule has 2 aliphatic heterocycles. The van der Waals surface area contributed by atoms with E-state index >= 15 is 0 Å². The molecule has 5 heterocycles. The van der Waals surface area contributed by atoms with E-state index < -0.39 is 30.4 Å². The van der Waals surface area contributed by atoms with Crippen molar-refractivity contribution in [3.8, 4) is 33.6 Å². The number of hydrogen-bond donors (Lipinski definition) is 4. The largest absolute Gasteiger partial charge is 0.453 e. The lowest BCUT2D eigenvalue weighted by Crippen LogP contribution is -2.54. The van der Waals surface area contributed by atoms with Gasteiger partial charge in [-0.05, 0) is 94.6 Å². The van der Waals surface area contributed by atoms with E-state index in [2.05, 4.69) is 81.3 Å². The minimum Gasteiger partial charge on any atom is -0.453 e. The Labute approximate surface area is 356 Å². The molecule has 316 valence electrons. The third kappa shape index (κ3) is 8.59. The molecular formula is C45H48N8O7S. The summed E-state index contributed by atoms with van der Waals surface area (Å²) in [5.74, 6) is 0.954. The average molecular weight is 845 g/mol. The maximum absolute atomic E-state index is 13.8. The van der Waals surface area contributed by atoms with Crippen LogP contribution in [0.1, 0.15) is 67.9 Å². The number of nitrogens with zero attached hydrogens (tertiary/aromatic N) is 4. The van der Waals surface area contributed by atoms with Crippen LogP contribution in [-0.4, -0.2) is 100 Å². The number of likely N-dealkylation sites (tertiary alicyclic amines) is 2. The van der Waals surface area contributed by atoms with Crippen LogP contribution in [0.3, 0.4) is 0 Å². The van der Waals surface area contributed by atoms with Crippen LogP contribution in [-0.2, 0) is 23.8 Å². The molecule has 15 nitrogen and oxygen atoms in total. The van der Waals surface area contributed by atoms with Crippen molar-refractivity contribution >= 4 is 46.1 Å². The fraction of sp³-hybridized carbons (Fsp3) is 0.333. The van der Waals surface area contributed by atoms with Gasteiger partial charge in [0.2, 0.25) is 5.91 Å². The number of thiophene rings is 1. The summed E-state index contributed by atoms with van der Waals surface area (Å²) in [6.45, 7) is 2.84. The second-order valence-electron chi connectivity index (χ2n) is 15.3. The number of aromatic nitrogens is 4. The number of rotatable bonds is 12. The van der Waals surface area contributed by atoms with Crippen LogP contribution in [0.15, 0.2) is 89.9 Å². The summed E-state index contributed by atoms with van der Waals surface area (Å²) in [5, 5.41) is 11.2. The quantitative estimate of drug-likeness (QED) is 0.0967. The average Bonchev–Trinajstić information content (AvgIpc) is 4.15. The minimum atomic E-state index is -0.898. The van der Waals surface area contributed by atoms with Gasteiger partial charge >= 0.3 is 12.2 Å². The molecule has 6 aromatic rings. The van der Waals surface area contributed by atoms with E-state index in [1.165, 1.54) is 32.7 Å². The summed E-state index contributed by atoms with van der Waals surface area (Å²) in [7, 11) is 4.04. The van der Waals surface area contributed by atoms with Gasteiger partial charge in [-0.3, -0.25) is 9.59 Å². The van der Waals surface area contributed by atoms with Crippen LogP contribution < -0.4 is 10.6 Å². The Kier molecular flexibility index (Phi) is 12.2. The van der Waals surface area contributed by atoms with Gasteiger partial charge in [0.05, 0.1) is 56.2 Å². The topological polar surface area (TPSA) is 184 Å². The monoisotopic (exact) mass is 844 g/mol. The number of aromatic amines is 2. The zero-order valence-electron chi connectivity index (χ0n) is 34.3. The number of ether oxygens (including phenoxy) is 3. The Hall–Kier alpha value is -6.52. The molecule has 8 rings (SSSR count). The van der Waals surface area contributed by atoms with Crippen molar-refractivity contribution in [2.45, 2.75) is 62.9 Å². The van der Waals surface area contributed by atoms with E-state index in [1.54, 1.807) is 29.1 Å². The van der Waals surface area contributed by atoms with E-state index in [4.69, 9.17) is 24.2 Å². The van der Waals surface area contributed by atoms with Gasteiger partial charge in [0.1, 0.15) is 23.7 Å². The number of nitrogens with one attached hydrogen (secondary N) is 4. The highest BCUT2D eigenvalue weighted by Gasteiger charge is 2.39. The molecule has 4 N–H and O–H groups in total. The Morgan fingerprint density at radius 3 is 1.84 bits per heavy atom. The summed E-state index contributed by atoms with van der Waals surface area (Å²) in [4.78, 5) is 71.6. The first-order chi connectivity index (χ1) is 29.6. The number of H-pyrrole nitrogens is 2. The number of benzene rings is 3. The number of amides is 4. The van der Waals surface area contributed by atoms with Crippen LogP contribution in [0.2, 0.25) is 0 Å². The van der Waals surface area contributed by atoms with Crippen LogP contribution in [0.4, 0.5) is 9.59 Å². The van der Waals surface area contributed by atoms with E-state index in [-0.39, 0.29) is 23.9 Å². The lowest BCUT2D eigenvalue weighted by Gasteiger charge is -2.30. The lowest BCUT2D eigenvalue weighted by atomic mass is 9.98. The van der Waals surface area contributed by atoms with Crippen molar-refractivity contribution in [1.82, 2.24) is 40.4 Å². The van der Waals surface area contributed by atoms with Crippen molar-refractivity contribution < 1.29 is 33.4 Å². The molecule has 16 heteroatoms. The molecular weight excluding hydrogens is 797 g/mol. The molecule has 61 heavy (non-hydrogen) atoms. The third-order valence-electron chi connectivity index (χ3n) is 11.7. The van der Waals surface area contributed by atoms with Crippen molar-refractivity contribution in [1.29, 1.82) is 0 Å². The van der Waals surface area contributed by atoms with Crippen LogP contribution in [0, 0.1) is 0 Å². The number of methoxy groups -OCH3 is 3. The minimum absolute atomic E-state index is 0.198. The Morgan fingerprint density at radius 1 is 0.705 bits per heavy atom. The van der Waals surface area contributed by atoms with Crippen LogP contribution >= 0.6 is 11.3 Å². The molecule has 3 aromatic carbocycles. The number of imidazole rings is 2. The molecule has 0 bridgehead atoms. The first kappa shape index (κ1) is 41.2. The molecule has 0 radical (unpaired) electrons. The highest BCUT2D eigenvalue weighted by atomic mass is 32.1. The lowest BCUT2D eigenvalue weighted by molar-refractivity contribution is -0.137. The second kappa shape index (κ2) is 18.0. The molecule has 0 unspecified atom stereocenters. The second-order valence-corrected chi connectivity index (χ2v) is 16.1. The van der Waals surface area contributed by atoms with Crippen molar-refractivity contribution in [2.24, 2.45) is 0 Å². The summed E-state index contributed by atoms with van der Waals surface area (Å²) in [6, 6.07) is 20.6. The number of alkyl carbamates (subject to hydrolysis) is 2. The SMILES string of the molecule is COC(=O)N[C@H](C(=O)N1CCC[C@H]1c1ncc(-c2ccc3cc(-c4ccc(-c5cnc([C@@H]6CCCN6C(=O)[C@H](NC(=O)OC)c6ccsc6)[nH]5)cc4)ccc3c2)[nH]1)[C@@H](C)OC. The summed E-state index contributed by atoms with van der Waals surface area (Å²) in [6.07, 6.45) is 4.83. The van der Waals surface area contributed by atoms with Crippen LogP contribution in [0.25, 0.3) is 44.4 Å². The van der Waals surface area contributed by atoms with E-state index in [0.717, 1.165) is 75.7 Å². The van der Waals surface area contributed by atoms with E-state index in [1.807, 2.05) is 16.8 Å². The molecule has 0 saturated carbocycles. The van der Waals surface area contributed by atoms with Crippen molar-refractivity contribution in [3.63, 3.8) is 0 Å². The van der Waals surface area contributed by atoms with Gasteiger partial charge in [-0.2, -0.15) is 11.3 Å². The number of carbonyl (C=O) groups excluding carboxylic acids is 4. The molecule has 2 aliphatic rings. The van der Waals surface area contributed by atoms with E-state index in [9.17, 15) is 19.2 Å². The van der Waals surface area contributed by atoms with E-state index in [0.29, 0.717) is 24.7 Å². The predicted octanol–water partition coefficient (Wildman–Crippen LogP) is 7.53. The summed E-state index contributed by atoms with van der Waals surface area (Å²) < 4.78 is 15.0. The predicted molar refractivity (Wildman–Crippen MR) is 230 cm³/mol. The van der Waals surface area contributed by atoms with Gasteiger partial charge in [-0.15, -0.1) is 0 Å². The highest BCUT2D eigenvalue weighted by Crippen LogP contribution is 2.36. The highest BCUT2D eigenvalue weighted by molar-refractivity contribution is 7.08. The smallest absolute Gasteiger partial charge is 0.407 e. The molecule has 5 atom stereocenters. The van der Waals surface area contributed by atoms with Gasteiger partial charge in [0.15, 0.2) is 0 Å². The van der Waals surface area contributed by atoms with Crippen molar-refractivity contribution in [3.05, 3.63) is 107 Å². The molecule has 2 fully saturated rings. The number of carbonyl (C=O) groups is 4. The first-order valence-electron chi connectivity index (χ1n) is 20.2. The molecule has 3 aromatic heterocycles. The zero-order valence-corrected chi connectivity index (χ0v) is 35.2. The Balaban J connectivity index is 0.941. The number of fused-ring (bicyclic) bond motifs is 1. The van der Waals surface area contributed by atoms with Crippen LogP contribution in [0.5, 0.6) is 0 Å². The zero-order chi connectivity index (χ0) is 42.6. The van der Waals surface area contributed by atoms with Gasteiger partial charge in [-0.25, -0.2) is 19.6 Å². The third-order valence-corrected chi connectivity index (χ3v) is 12.4. The Morgan fingerprint density at radius 2 is 1.25 bits per heavy atom. The Bertz CT molecular complexity index is 2520. The first-order valence-corrected chi connectivity index (χ1v) is 21.2. The van der Waals surface area contributed by atoms with Gasteiger partial charge < -0.3 is 44.6 Å². The standard InChI is InChI=1S/C45H48N8O7S/c1-26(58-2)38(50-44(56)59-3)42(54)52-18-5-7-36(52)41-47-24-35(49-41)32-16-15-30-21-29(13-14-31(30)22-32)27-9-11-28(12-10-27)34-23-46-40(48-34)37-8-6-19-53(37)43(55)39(51-45(57)60-4)33-17-20-61-25-33/h9-17,20-26,36-39H,5-8,18-19H2,1-4H3,(H,46,48)(H,47,49)(H,50,56)(H,51,57)/t26-,36+,37+,38+,39-/m1/s1. The maximum Gasteiger partial charge on any atom is 0.407 e. The summed E-state index contributed by atoms with van der Waals surface area (Å²) in [5.41, 5.74) is 6.50. The van der Waals surface area contributed by atoms with Gasteiger partial charge in [0, 0.05) is 25.8 Å². The van der Waals surface area contributed by atoms with Crippen molar-refractivity contribution in [2.75, 3.05) is 34.4 Å². The fourth-order valence-corrected chi connectivity index (χ4v) is 9.01. The summed E-state index contributed by atoms with van der Waals surface area (Å²) >= 11 is 1.46. The maximum atomic E-state index is 13.8. The van der Waals surface area contributed by atoms with Gasteiger partial charge in [-0.1, -0.05) is 48.5 Å².